The lowest BCUT2D eigenvalue weighted by Crippen LogP contribution is -2.36. The van der Waals surface area contributed by atoms with Gasteiger partial charge in [0.15, 0.2) is 0 Å². The standard InChI is InChI=1S/C23H29N3O4S/c1-18-4-7-20(16-22(18)31(28,29)26-10-2-3-11-26)23(27)24-17-19-5-8-21(9-6-19)25-12-14-30-15-13-25/h4-9,16H,2-3,10-15,17H2,1H3,(H,24,27). The first-order chi connectivity index (χ1) is 14.9. The Kier molecular flexibility index (Phi) is 6.60. The van der Waals surface area contributed by atoms with Crippen molar-refractivity contribution < 1.29 is 17.9 Å². The van der Waals surface area contributed by atoms with Gasteiger partial charge in [0.1, 0.15) is 0 Å². The Hall–Kier alpha value is -2.42. The van der Waals surface area contributed by atoms with Crippen LogP contribution in [0, 0.1) is 6.92 Å². The van der Waals surface area contributed by atoms with Crippen molar-refractivity contribution in [2.75, 3.05) is 44.3 Å². The third-order valence-corrected chi connectivity index (χ3v) is 7.94. The number of amides is 1. The second-order valence-electron chi connectivity index (χ2n) is 8.04. The van der Waals surface area contributed by atoms with E-state index in [4.69, 9.17) is 4.74 Å². The van der Waals surface area contributed by atoms with E-state index < -0.39 is 10.0 Å². The highest BCUT2D eigenvalue weighted by Crippen LogP contribution is 2.25. The summed E-state index contributed by atoms with van der Waals surface area (Å²) in [5, 5.41) is 2.90. The highest BCUT2D eigenvalue weighted by atomic mass is 32.2. The Morgan fingerprint density at radius 2 is 1.68 bits per heavy atom. The summed E-state index contributed by atoms with van der Waals surface area (Å²) >= 11 is 0. The molecule has 31 heavy (non-hydrogen) atoms. The van der Waals surface area contributed by atoms with Gasteiger partial charge in [-0.2, -0.15) is 4.31 Å². The van der Waals surface area contributed by atoms with E-state index in [-0.39, 0.29) is 10.8 Å². The van der Waals surface area contributed by atoms with Crippen molar-refractivity contribution in [3.8, 4) is 0 Å². The van der Waals surface area contributed by atoms with Crippen molar-refractivity contribution in [1.29, 1.82) is 0 Å². The molecule has 7 nitrogen and oxygen atoms in total. The van der Waals surface area contributed by atoms with E-state index >= 15 is 0 Å². The van der Waals surface area contributed by atoms with E-state index in [1.54, 1.807) is 19.1 Å². The Labute approximate surface area is 184 Å². The number of benzene rings is 2. The zero-order valence-corrected chi connectivity index (χ0v) is 18.7. The van der Waals surface area contributed by atoms with E-state index in [9.17, 15) is 13.2 Å². The molecule has 2 fully saturated rings. The molecule has 0 spiro atoms. The minimum Gasteiger partial charge on any atom is -0.378 e. The van der Waals surface area contributed by atoms with Gasteiger partial charge in [-0.25, -0.2) is 8.42 Å². The van der Waals surface area contributed by atoms with Crippen molar-refractivity contribution >= 4 is 21.6 Å². The molecular weight excluding hydrogens is 414 g/mol. The topological polar surface area (TPSA) is 79.0 Å². The number of carbonyl (C=O) groups excluding carboxylic acids is 1. The maximum atomic E-state index is 13.0. The summed E-state index contributed by atoms with van der Waals surface area (Å²) in [4.78, 5) is 15.2. The molecule has 2 heterocycles. The number of hydrogen-bond acceptors (Lipinski definition) is 5. The molecule has 0 aromatic heterocycles. The van der Waals surface area contributed by atoms with Gasteiger partial charge in [-0.3, -0.25) is 4.79 Å². The third kappa shape index (κ3) is 4.92. The van der Waals surface area contributed by atoms with Gasteiger partial charge < -0.3 is 15.0 Å². The van der Waals surface area contributed by atoms with Crippen LogP contribution in [0.2, 0.25) is 0 Å². The molecule has 166 valence electrons. The monoisotopic (exact) mass is 443 g/mol. The molecule has 1 amide bonds. The molecule has 0 bridgehead atoms. The molecule has 0 unspecified atom stereocenters. The number of rotatable bonds is 6. The molecule has 2 aromatic rings. The summed E-state index contributed by atoms with van der Waals surface area (Å²) in [5.41, 5.74) is 3.14. The van der Waals surface area contributed by atoms with Crippen molar-refractivity contribution in [2.24, 2.45) is 0 Å². The summed E-state index contributed by atoms with van der Waals surface area (Å²) in [6, 6.07) is 13.0. The lowest BCUT2D eigenvalue weighted by atomic mass is 10.1. The highest BCUT2D eigenvalue weighted by Gasteiger charge is 2.29. The zero-order chi connectivity index (χ0) is 21.8. The van der Waals surface area contributed by atoms with Crippen LogP contribution in [0.1, 0.15) is 34.3 Å². The van der Waals surface area contributed by atoms with Gasteiger partial charge in [0.2, 0.25) is 10.0 Å². The first kappa shape index (κ1) is 21.8. The van der Waals surface area contributed by atoms with Crippen LogP contribution >= 0.6 is 0 Å². The summed E-state index contributed by atoms with van der Waals surface area (Å²) in [6.45, 7) is 6.47. The summed E-state index contributed by atoms with van der Waals surface area (Å²) < 4.78 is 32.8. The summed E-state index contributed by atoms with van der Waals surface area (Å²) in [5.74, 6) is -0.282. The number of nitrogens with zero attached hydrogens (tertiary/aromatic N) is 2. The first-order valence-electron chi connectivity index (χ1n) is 10.8. The number of ether oxygens (including phenoxy) is 1. The second-order valence-corrected chi connectivity index (χ2v) is 9.95. The number of carbonyl (C=O) groups is 1. The SMILES string of the molecule is Cc1ccc(C(=O)NCc2ccc(N3CCOCC3)cc2)cc1S(=O)(=O)N1CCCC1. The number of nitrogens with one attached hydrogen (secondary N) is 1. The molecule has 0 saturated carbocycles. The lowest BCUT2D eigenvalue weighted by molar-refractivity contribution is 0.0950. The fraction of sp³-hybridized carbons (Fsp3) is 0.435. The molecule has 0 aliphatic carbocycles. The van der Waals surface area contributed by atoms with Crippen molar-refractivity contribution in [1.82, 2.24) is 9.62 Å². The third-order valence-electron chi connectivity index (χ3n) is 5.90. The van der Waals surface area contributed by atoms with Crippen LogP contribution in [0.5, 0.6) is 0 Å². The quantitative estimate of drug-likeness (QED) is 0.742. The predicted octanol–water partition coefficient (Wildman–Crippen LogP) is 2.55. The van der Waals surface area contributed by atoms with Crippen LogP contribution in [0.4, 0.5) is 5.69 Å². The Bertz CT molecular complexity index is 1030. The van der Waals surface area contributed by atoms with E-state index in [1.807, 2.05) is 12.1 Å². The number of sulfonamides is 1. The maximum Gasteiger partial charge on any atom is 0.251 e. The van der Waals surface area contributed by atoms with Gasteiger partial charge in [-0.05, 0) is 55.2 Å². The molecular formula is C23H29N3O4S. The molecule has 2 aromatic carbocycles. The van der Waals surface area contributed by atoms with Gasteiger partial charge in [0, 0.05) is 44.0 Å². The van der Waals surface area contributed by atoms with Gasteiger partial charge in [0.05, 0.1) is 18.1 Å². The fourth-order valence-electron chi connectivity index (χ4n) is 4.02. The van der Waals surface area contributed by atoms with E-state index in [0.717, 1.165) is 50.4 Å². The molecule has 8 heteroatoms. The number of anilines is 1. The van der Waals surface area contributed by atoms with E-state index in [1.165, 1.54) is 10.4 Å². The van der Waals surface area contributed by atoms with Crippen LogP contribution in [0.25, 0.3) is 0 Å². The summed E-state index contributed by atoms with van der Waals surface area (Å²) in [7, 11) is -3.57. The van der Waals surface area contributed by atoms with Crippen LogP contribution < -0.4 is 10.2 Å². The van der Waals surface area contributed by atoms with Crippen molar-refractivity contribution in [3.63, 3.8) is 0 Å². The van der Waals surface area contributed by atoms with E-state index in [2.05, 4.69) is 22.3 Å². The van der Waals surface area contributed by atoms with Gasteiger partial charge in [-0.1, -0.05) is 18.2 Å². The van der Waals surface area contributed by atoms with Crippen LogP contribution in [0.15, 0.2) is 47.4 Å². The fourth-order valence-corrected chi connectivity index (χ4v) is 5.79. The summed E-state index contributed by atoms with van der Waals surface area (Å²) in [6.07, 6.45) is 1.76. The average molecular weight is 444 g/mol. The largest absolute Gasteiger partial charge is 0.378 e. The van der Waals surface area contributed by atoms with E-state index in [0.29, 0.717) is 30.8 Å². The minimum absolute atomic E-state index is 0.219. The lowest BCUT2D eigenvalue weighted by Gasteiger charge is -2.28. The first-order valence-corrected chi connectivity index (χ1v) is 12.2. The Morgan fingerprint density at radius 1 is 1.00 bits per heavy atom. The molecule has 0 radical (unpaired) electrons. The molecule has 2 aliphatic heterocycles. The smallest absolute Gasteiger partial charge is 0.251 e. The molecule has 1 N–H and O–H groups in total. The molecule has 4 rings (SSSR count). The average Bonchev–Trinajstić information content (AvgIpc) is 3.35. The Morgan fingerprint density at radius 3 is 2.35 bits per heavy atom. The van der Waals surface area contributed by atoms with Crippen LogP contribution in [-0.4, -0.2) is 58.0 Å². The van der Waals surface area contributed by atoms with Gasteiger partial charge >= 0.3 is 0 Å². The second kappa shape index (κ2) is 9.38. The minimum atomic E-state index is -3.57. The Balaban J connectivity index is 1.42. The van der Waals surface area contributed by atoms with Crippen molar-refractivity contribution in [2.45, 2.75) is 31.2 Å². The van der Waals surface area contributed by atoms with Gasteiger partial charge in [-0.15, -0.1) is 0 Å². The predicted molar refractivity (Wildman–Crippen MR) is 120 cm³/mol. The molecule has 2 aliphatic rings. The number of aryl methyl sites for hydroxylation is 1. The van der Waals surface area contributed by atoms with Gasteiger partial charge in [0.25, 0.3) is 5.91 Å². The van der Waals surface area contributed by atoms with Crippen LogP contribution in [-0.2, 0) is 21.3 Å². The zero-order valence-electron chi connectivity index (χ0n) is 17.8. The highest BCUT2D eigenvalue weighted by molar-refractivity contribution is 7.89. The molecule has 0 atom stereocenters. The normalized spacial score (nSPS) is 17.6. The van der Waals surface area contributed by atoms with Crippen LogP contribution in [0.3, 0.4) is 0 Å². The van der Waals surface area contributed by atoms with Crippen molar-refractivity contribution in [3.05, 3.63) is 59.2 Å². The number of hydrogen-bond donors (Lipinski definition) is 1. The maximum absolute atomic E-state index is 13.0. The molecule has 2 saturated heterocycles. The number of morpholine rings is 1.